The number of nitrogens with one attached hydrogen (secondary N) is 1. The van der Waals surface area contributed by atoms with Gasteiger partial charge in [0.05, 0.1) is 11.6 Å². The second-order valence-corrected chi connectivity index (χ2v) is 4.82. The molecule has 1 aliphatic rings. The molecule has 1 unspecified atom stereocenters. The van der Waals surface area contributed by atoms with Gasteiger partial charge in [-0.3, -0.25) is 10.8 Å². The number of nitrogens with two attached hydrogens (primary N) is 1. The van der Waals surface area contributed by atoms with Crippen molar-refractivity contribution >= 4 is 11.3 Å². The predicted octanol–water partition coefficient (Wildman–Crippen LogP) is 1.47. The highest BCUT2D eigenvalue weighted by molar-refractivity contribution is 7.09. The van der Waals surface area contributed by atoms with E-state index in [0.717, 1.165) is 21.9 Å². The zero-order valence-electron chi connectivity index (χ0n) is 9.63. The number of ether oxygens (including phenoxy) is 2. The van der Waals surface area contributed by atoms with Crippen LogP contribution in [0.3, 0.4) is 0 Å². The van der Waals surface area contributed by atoms with E-state index in [4.69, 9.17) is 15.3 Å². The third-order valence-corrected chi connectivity index (χ3v) is 3.64. The van der Waals surface area contributed by atoms with Crippen LogP contribution in [0.2, 0.25) is 0 Å². The molecule has 0 bridgehead atoms. The van der Waals surface area contributed by atoms with Crippen LogP contribution < -0.4 is 20.7 Å². The van der Waals surface area contributed by atoms with Crippen LogP contribution in [0.25, 0.3) is 0 Å². The fourth-order valence-corrected chi connectivity index (χ4v) is 2.66. The largest absolute Gasteiger partial charge is 0.486 e. The number of hydrogen-bond donors (Lipinski definition) is 2. The van der Waals surface area contributed by atoms with E-state index in [2.05, 4.69) is 10.4 Å². The topological polar surface area (TPSA) is 69.4 Å². The highest BCUT2D eigenvalue weighted by atomic mass is 32.1. The molecular formula is C12H13N3O2S. The highest BCUT2D eigenvalue weighted by Gasteiger charge is 2.18. The number of nitrogens with zero attached hydrogens (tertiary/aromatic N) is 1. The van der Waals surface area contributed by atoms with E-state index in [1.54, 1.807) is 16.8 Å². The molecule has 0 saturated heterocycles. The first-order valence-corrected chi connectivity index (χ1v) is 6.50. The third-order valence-electron chi connectivity index (χ3n) is 2.80. The normalized spacial score (nSPS) is 15.4. The van der Waals surface area contributed by atoms with Gasteiger partial charge in [0, 0.05) is 11.1 Å². The Labute approximate surface area is 109 Å². The second kappa shape index (κ2) is 4.93. The molecule has 0 fully saturated rings. The summed E-state index contributed by atoms with van der Waals surface area (Å²) in [5.41, 5.74) is 5.62. The van der Waals surface area contributed by atoms with Crippen LogP contribution in [0, 0.1) is 0 Å². The molecule has 3 N–H and O–H groups in total. The molecule has 94 valence electrons. The quantitative estimate of drug-likeness (QED) is 0.648. The molecule has 5 nitrogen and oxygen atoms in total. The number of fused-ring (bicyclic) bond motifs is 1. The molecule has 18 heavy (non-hydrogen) atoms. The molecule has 2 heterocycles. The lowest BCUT2D eigenvalue weighted by atomic mass is 10.1. The molecule has 2 aromatic rings. The van der Waals surface area contributed by atoms with Crippen molar-refractivity contribution in [2.75, 3.05) is 13.2 Å². The number of hydrogen-bond acceptors (Lipinski definition) is 6. The maximum atomic E-state index is 5.63. The van der Waals surface area contributed by atoms with Crippen molar-refractivity contribution in [3.05, 3.63) is 40.3 Å². The van der Waals surface area contributed by atoms with Crippen LogP contribution in [0.4, 0.5) is 0 Å². The van der Waals surface area contributed by atoms with Crippen LogP contribution in [-0.4, -0.2) is 18.2 Å². The van der Waals surface area contributed by atoms with E-state index in [9.17, 15) is 0 Å². The van der Waals surface area contributed by atoms with E-state index < -0.39 is 0 Å². The van der Waals surface area contributed by atoms with E-state index in [0.29, 0.717) is 13.2 Å². The summed E-state index contributed by atoms with van der Waals surface area (Å²) in [4.78, 5) is 5.14. The van der Waals surface area contributed by atoms with Gasteiger partial charge in [0.1, 0.15) is 13.2 Å². The van der Waals surface area contributed by atoms with E-state index in [1.807, 2.05) is 24.4 Å². The number of benzene rings is 1. The van der Waals surface area contributed by atoms with Gasteiger partial charge in [0.2, 0.25) is 0 Å². The molecule has 1 aliphatic heterocycles. The van der Waals surface area contributed by atoms with Crippen LogP contribution >= 0.6 is 11.3 Å². The average molecular weight is 263 g/mol. The molecule has 6 heteroatoms. The molecule has 1 atom stereocenters. The summed E-state index contributed by atoms with van der Waals surface area (Å²) in [5.74, 6) is 7.18. The van der Waals surface area contributed by atoms with Gasteiger partial charge in [-0.05, 0) is 17.7 Å². The third kappa shape index (κ3) is 2.05. The van der Waals surface area contributed by atoms with Gasteiger partial charge in [0.15, 0.2) is 11.5 Å². The smallest absolute Gasteiger partial charge is 0.161 e. The van der Waals surface area contributed by atoms with Crippen molar-refractivity contribution in [2.24, 2.45) is 5.84 Å². The first kappa shape index (κ1) is 11.5. The van der Waals surface area contributed by atoms with Gasteiger partial charge in [-0.15, -0.1) is 11.3 Å². The molecule has 0 aliphatic carbocycles. The Morgan fingerprint density at radius 2 is 2.11 bits per heavy atom. The monoisotopic (exact) mass is 263 g/mol. The highest BCUT2D eigenvalue weighted by Crippen LogP contribution is 2.34. The first-order chi connectivity index (χ1) is 8.88. The Hall–Kier alpha value is -1.63. The molecule has 0 saturated carbocycles. The molecule has 3 rings (SSSR count). The standard InChI is InChI=1S/C12H13N3O2S/c13-15-12(11-6-14-7-18-11)8-1-2-9-10(5-8)17-4-3-16-9/h1-2,5-7,12,15H,3-4,13H2. The van der Waals surface area contributed by atoms with Gasteiger partial charge >= 0.3 is 0 Å². The van der Waals surface area contributed by atoms with Gasteiger partial charge in [-0.2, -0.15) is 0 Å². The van der Waals surface area contributed by atoms with Crippen molar-refractivity contribution in [1.29, 1.82) is 0 Å². The molecule has 1 aromatic heterocycles. The Balaban J connectivity index is 1.95. The molecule has 0 spiro atoms. The molecule has 0 amide bonds. The lowest BCUT2D eigenvalue weighted by molar-refractivity contribution is 0.171. The summed E-state index contributed by atoms with van der Waals surface area (Å²) in [5, 5.41) is 0. The van der Waals surface area contributed by atoms with Gasteiger partial charge in [-0.25, -0.2) is 5.43 Å². The van der Waals surface area contributed by atoms with E-state index in [1.165, 1.54) is 0 Å². The minimum absolute atomic E-state index is 0.0756. The summed E-state index contributed by atoms with van der Waals surface area (Å²) < 4.78 is 11.1. The van der Waals surface area contributed by atoms with E-state index >= 15 is 0 Å². The predicted molar refractivity (Wildman–Crippen MR) is 68.7 cm³/mol. The number of rotatable bonds is 3. The van der Waals surface area contributed by atoms with Crippen LogP contribution in [-0.2, 0) is 0 Å². The van der Waals surface area contributed by atoms with Gasteiger partial charge in [-0.1, -0.05) is 6.07 Å². The lowest BCUT2D eigenvalue weighted by Crippen LogP contribution is -2.28. The Morgan fingerprint density at radius 1 is 1.28 bits per heavy atom. The van der Waals surface area contributed by atoms with Gasteiger partial charge in [0.25, 0.3) is 0 Å². The minimum Gasteiger partial charge on any atom is -0.486 e. The Kier molecular flexibility index (Phi) is 3.14. The molecular weight excluding hydrogens is 250 g/mol. The summed E-state index contributed by atoms with van der Waals surface area (Å²) >= 11 is 1.56. The summed E-state index contributed by atoms with van der Waals surface area (Å²) in [6.07, 6.45) is 1.81. The zero-order valence-corrected chi connectivity index (χ0v) is 10.4. The fourth-order valence-electron chi connectivity index (χ4n) is 1.95. The van der Waals surface area contributed by atoms with Crippen molar-refractivity contribution in [3.63, 3.8) is 0 Å². The molecule has 0 radical (unpaired) electrons. The molecule has 1 aromatic carbocycles. The second-order valence-electron chi connectivity index (χ2n) is 3.91. The minimum atomic E-state index is -0.0756. The maximum absolute atomic E-state index is 5.63. The van der Waals surface area contributed by atoms with Crippen molar-refractivity contribution in [2.45, 2.75) is 6.04 Å². The van der Waals surface area contributed by atoms with Crippen LogP contribution in [0.5, 0.6) is 11.5 Å². The maximum Gasteiger partial charge on any atom is 0.161 e. The van der Waals surface area contributed by atoms with E-state index in [-0.39, 0.29) is 6.04 Å². The van der Waals surface area contributed by atoms with Crippen molar-refractivity contribution < 1.29 is 9.47 Å². The SMILES string of the molecule is NNC(c1ccc2c(c1)OCCO2)c1cncs1. The number of aromatic nitrogens is 1. The van der Waals surface area contributed by atoms with Crippen molar-refractivity contribution in [1.82, 2.24) is 10.4 Å². The van der Waals surface area contributed by atoms with Crippen molar-refractivity contribution in [3.8, 4) is 11.5 Å². The zero-order chi connectivity index (χ0) is 12.4. The summed E-state index contributed by atoms with van der Waals surface area (Å²) in [7, 11) is 0. The Morgan fingerprint density at radius 3 is 2.83 bits per heavy atom. The summed E-state index contributed by atoms with van der Waals surface area (Å²) in [6.45, 7) is 1.18. The van der Waals surface area contributed by atoms with Gasteiger partial charge < -0.3 is 9.47 Å². The lowest BCUT2D eigenvalue weighted by Gasteiger charge is -2.21. The van der Waals surface area contributed by atoms with Crippen LogP contribution in [0.1, 0.15) is 16.5 Å². The fraction of sp³-hybridized carbons (Fsp3) is 0.250. The number of thiazole rings is 1. The summed E-state index contributed by atoms with van der Waals surface area (Å²) in [6, 6.07) is 5.78. The van der Waals surface area contributed by atoms with Crippen LogP contribution in [0.15, 0.2) is 29.9 Å². The average Bonchev–Trinajstić information content (AvgIpc) is 2.93. The number of hydrazine groups is 1. The Bertz CT molecular complexity index is 530. The first-order valence-electron chi connectivity index (χ1n) is 5.62.